The van der Waals surface area contributed by atoms with Crippen LogP contribution in [0, 0.1) is 0 Å². The van der Waals surface area contributed by atoms with Crippen LogP contribution < -0.4 is 15.0 Å². The molecule has 1 saturated heterocycles. The van der Waals surface area contributed by atoms with E-state index < -0.39 is 0 Å². The average Bonchev–Trinajstić information content (AvgIpc) is 2.39. The monoisotopic (exact) mass is 268 g/mol. The maximum Gasteiger partial charge on any atom is 0.219 e. The Morgan fingerprint density at radius 3 is 3.06 bits per heavy atom. The maximum absolute atomic E-state index is 5.50. The second-order valence-electron chi connectivity index (χ2n) is 4.29. The van der Waals surface area contributed by atoms with Crippen LogP contribution in [0.15, 0.2) is 11.2 Å². The number of aromatic nitrogens is 2. The van der Waals surface area contributed by atoms with E-state index >= 15 is 0 Å². The number of hydrogen-bond acceptors (Lipinski definition) is 6. The number of anilines is 1. The van der Waals surface area contributed by atoms with Crippen molar-refractivity contribution in [1.82, 2.24) is 15.3 Å². The molecule has 1 aliphatic rings. The number of ether oxygens (including phenoxy) is 1. The van der Waals surface area contributed by atoms with Gasteiger partial charge in [-0.25, -0.2) is 4.98 Å². The van der Waals surface area contributed by atoms with Crippen molar-refractivity contribution in [3.05, 3.63) is 6.07 Å². The van der Waals surface area contributed by atoms with E-state index in [0.29, 0.717) is 18.5 Å². The van der Waals surface area contributed by atoms with Crippen molar-refractivity contribution in [2.45, 2.75) is 25.0 Å². The zero-order valence-electron chi connectivity index (χ0n) is 11.1. The molecule has 0 bridgehead atoms. The lowest BCUT2D eigenvalue weighted by atomic mass is 10.2. The zero-order chi connectivity index (χ0) is 13.0. The van der Waals surface area contributed by atoms with Gasteiger partial charge in [0.1, 0.15) is 5.82 Å². The van der Waals surface area contributed by atoms with Crippen LogP contribution >= 0.6 is 11.8 Å². The number of rotatable bonds is 4. The van der Waals surface area contributed by atoms with Gasteiger partial charge in [-0.2, -0.15) is 4.98 Å². The predicted octanol–water partition coefficient (Wildman–Crippen LogP) is 1.40. The van der Waals surface area contributed by atoms with Gasteiger partial charge in [0.05, 0.1) is 6.61 Å². The molecular weight excluding hydrogens is 248 g/mol. The summed E-state index contributed by atoms with van der Waals surface area (Å²) in [7, 11) is 0. The Bertz CT molecular complexity index is 402. The third kappa shape index (κ3) is 3.26. The van der Waals surface area contributed by atoms with Gasteiger partial charge >= 0.3 is 0 Å². The SMILES string of the molecule is CCOc1cc(N2CCNC(C)C2)nc(SC)n1. The molecule has 2 heterocycles. The first-order valence-corrected chi connectivity index (χ1v) is 7.49. The molecule has 5 nitrogen and oxygen atoms in total. The molecule has 6 heteroatoms. The summed E-state index contributed by atoms with van der Waals surface area (Å²) in [6.45, 7) is 7.71. The molecule has 0 saturated carbocycles. The molecule has 18 heavy (non-hydrogen) atoms. The highest BCUT2D eigenvalue weighted by Crippen LogP contribution is 2.22. The predicted molar refractivity (Wildman–Crippen MR) is 74.7 cm³/mol. The van der Waals surface area contributed by atoms with Crippen LogP contribution in [0.5, 0.6) is 5.88 Å². The largest absolute Gasteiger partial charge is 0.478 e. The van der Waals surface area contributed by atoms with Crippen molar-refractivity contribution in [2.75, 3.05) is 37.4 Å². The van der Waals surface area contributed by atoms with Crippen LogP contribution in [0.3, 0.4) is 0 Å². The van der Waals surface area contributed by atoms with Crippen molar-refractivity contribution in [3.63, 3.8) is 0 Å². The van der Waals surface area contributed by atoms with E-state index in [1.165, 1.54) is 0 Å². The first-order valence-electron chi connectivity index (χ1n) is 6.27. The lowest BCUT2D eigenvalue weighted by Crippen LogP contribution is -2.49. The fourth-order valence-corrected chi connectivity index (χ4v) is 2.37. The molecule has 1 aromatic rings. The Morgan fingerprint density at radius 2 is 2.39 bits per heavy atom. The van der Waals surface area contributed by atoms with Gasteiger partial charge in [0.2, 0.25) is 5.88 Å². The van der Waals surface area contributed by atoms with E-state index in [9.17, 15) is 0 Å². The van der Waals surface area contributed by atoms with E-state index in [-0.39, 0.29) is 0 Å². The van der Waals surface area contributed by atoms with Crippen LogP contribution in [0.25, 0.3) is 0 Å². The topological polar surface area (TPSA) is 50.3 Å². The molecule has 1 fully saturated rings. The van der Waals surface area contributed by atoms with Crippen molar-refractivity contribution < 1.29 is 4.74 Å². The molecular formula is C12H20N4OS. The highest BCUT2D eigenvalue weighted by Gasteiger charge is 2.18. The quantitative estimate of drug-likeness (QED) is 0.658. The van der Waals surface area contributed by atoms with E-state index in [1.54, 1.807) is 11.8 Å². The average molecular weight is 268 g/mol. The van der Waals surface area contributed by atoms with Gasteiger partial charge in [0.25, 0.3) is 0 Å². The Hall–Kier alpha value is -1.01. The molecule has 1 aromatic heterocycles. The molecule has 1 unspecified atom stereocenters. The summed E-state index contributed by atoms with van der Waals surface area (Å²) < 4.78 is 5.50. The number of hydrogen-bond donors (Lipinski definition) is 1. The van der Waals surface area contributed by atoms with Crippen LogP contribution in [0.2, 0.25) is 0 Å². The van der Waals surface area contributed by atoms with Crippen molar-refractivity contribution in [1.29, 1.82) is 0 Å². The Kier molecular flexibility index (Phi) is 4.66. The van der Waals surface area contributed by atoms with Gasteiger partial charge in [-0.05, 0) is 20.1 Å². The van der Waals surface area contributed by atoms with Crippen LogP contribution in [-0.2, 0) is 0 Å². The summed E-state index contributed by atoms with van der Waals surface area (Å²) in [5.41, 5.74) is 0. The summed E-state index contributed by atoms with van der Waals surface area (Å²) >= 11 is 1.54. The van der Waals surface area contributed by atoms with Crippen LogP contribution in [0.4, 0.5) is 5.82 Å². The lowest BCUT2D eigenvalue weighted by molar-refractivity contribution is 0.323. The first kappa shape index (κ1) is 13.4. The smallest absolute Gasteiger partial charge is 0.219 e. The molecule has 1 atom stereocenters. The van der Waals surface area contributed by atoms with Gasteiger partial charge in [-0.1, -0.05) is 11.8 Å². The Labute approximate surface area is 112 Å². The lowest BCUT2D eigenvalue weighted by Gasteiger charge is -2.32. The Morgan fingerprint density at radius 1 is 1.56 bits per heavy atom. The molecule has 1 aliphatic heterocycles. The first-order chi connectivity index (χ1) is 8.72. The molecule has 0 amide bonds. The molecule has 2 rings (SSSR count). The molecule has 0 aromatic carbocycles. The summed E-state index contributed by atoms with van der Waals surface area (Å²) in [4.78, 5) is 11.2. The summed E-state index contributed by atoms with van der Waals surface area (Å²) in [6, 6.07) is 2.42. The van der Waals surface area contributed by atoms with E-state index in [2.05, 4.69) is 27.1 Å². The van der Waals surface area contributed by atoms with E-state index in [0.717, 1.165) is 30.6 Å². The Balaban J connectivity index is 2.22. The van der Waals surface area contributed by atoms with Gasteiger partial charge in [0, 0.05) is 31.7 Å². The zero-order valence-corrected chi connectivity index (χ0v) is 12.0. The molecule has 0 spiro atoms. The van der Waals surface area contributed by atoms with Gasteiger partial charge in [-0.15, -0.1) is 0 Å². The summed E-state index contributed by atoms with van der Waals surface area (Å²) in [5.74, 6) is 1.63. The van der Waals surface area contributed by atoms with Crippen molar-refractivity contribution in [3.8, 4) is 5.88 Å². The molecule has 1 N–H and O–H groups in total. The molecule has 0 radical (unpaired) electrons. The minimum absolute atomic E-state index is 0.488. The normalized spacial score (nSPS) is 19.9. The highest BCUT2D eigenvalue weighted by molar-refractivity contribution is 7.98. The van der Waals surface area contributed by atoms with Gasteiger partial charge in [-0.3, -0.25) is 0 Å². The number of thioether (sulfide) groups is 1. The minimum atomic E-state index is 0.488. The van der Waals surface area contributed by atoms with Gasteiger partial charge in [0.15, 0.2) is 5.16 Å². The highest BCUT2D eigenvalue weighted by atomic mass is 32.2. The third-order valence-corrected chi connectivity index (χ3v) is 3.38. The second kappa shape index (κ2) is 6.24. The van der Waals surface area contributed by atoms with E-state index in [1.807, 2.05) is 19.2 Å². The van der Waals surface area contributed by atoms with Crippen molar-refractivity contribution >= 4 is 17.6 Å². The van der Waals surface area contributed by atoms with E-state index in [4.69, 9.17) is 4.74 Å². The molecule has 0 aliphatic carbocycles. The standard InChI is InChI=1S/C12H20N4OS/c1-4-17-11-7-10(14-12(15-11)18-3)16-6-5-13-9(2)8-16/h7,9,13H,4-6,8H2,1-3H3. The summed E-state index contributed by atoms with van der Waals surface area (Å²) in [5, 5.41) is 4.19. The number of nitrogens with zero attached hydrogens (tertiary/aromatic N) is 3. The fraction of sp³-hybridized carbons (Fsp3) is 0.667. The maximum atomic E-state index is 5.50. The third-order valence-electron chi connectivity index (χ3n) is 2.84. The second-order valence-corrected chi connectivity index (χ2v) is 5.06. The fourth-order valence-electron chi connectivity index (χ4n) is 2.01. The van der Waals surface area contributed by atoms with Crippen LogP contribution in [0.1, 0.15) is 13.8 Å². The summed E-state index contributed by atoms with van der Waals surface area (Å²) in [6.07, 6.45) is 1.98. The van der Waals surface area contributed by atoms with Gasteiger partial charge < -0.3 is 15.0 Å². The number of piperazine rings is 1. The van der Waals surface area contributed by atoms with Crippen molar-refractivity contribution in [2.24, 2.45) is 0 Å². The molecule has 100 valence electrons. The number of nitrogens with one attached hydrogen (secondary N) is 1. The van der Waals surface area contributed by atoms with Crippen LogP contribution in [-0.4, -0.2) is 48.5 Å². The minimum Gasteiger partial charge on any atom is -0.478 e.